The molecular formula is C16H26FNO. The highest BCUT2D eigenvalue weighted by molar-refractivity contribution is 5.30. The van der Waals surface area contributed by atoms with Crippen LogP contribution < -0.4 is 10.1 Å². The first-order chi connectivity index (χ1) is 9.12. The van der Waals surface area contributed by atoms with Gasteiger partial charge in [0.05, 0.1) is 7.11 Å². The minimum absolute atomic E-state index is 0.155. The van der Waals surface area contributed by atoms with E-state index in [1.807, 2.05) is 6.07 Å². The summed E-state index contributed by atoms with van der Waals surface area (Å²) in [5, 5.41) is 3.57. The molecule has 0 saturated carbocycles. The van der Waals surface area contributed by atoms with Gasteiger partial charge < -0.3 is 10.1 Å². The number of halogens is 1. The fourth-order valence-corrected chi connectivity index (χ4v) is 2.26. The lowest BCUT2D eigenvalue weighted by Crippen LogP contribution is -2.31. The molecule has 0 bridgehead atoms. The minimum Gasteiger partial charge on any atom is -0.494 e. The molecule has 2 nitrogen and oxygen atoms in total. The fourth-order valence-electron chi connectivity index (χ4n) is 2.26. The highest BCUT2D eigenvalue weighted by Crippen LogP contribution is 2.22. The van der Waals surface area contributed by atoms with Crippen LogP contribution in [0.3, 0.4) is 0 Å². The molecule has 0 radical (unpaired) electrons. The van der Waals surface area contributed by atoms with Gasteiger partial charge in [-0.1, -0.05) is 32.8 Å². The number of unbranched alkanes of at least 4 members (excludes halogenated alkanes) is 1. The van der Waals surface area contributed by atoms with Crippen molar-refractivity contribution in [2.45, 2.75) is 58.5 Å². The van der Waals surface area contributed by atoms with Crippen molar-refractivity contribution in [1.29, 1.82) is 0 Å². The molecule has 1 aromatic carbocycles. The topological polar surface area (TPSA) is 21.3 Å². The fraction of sp³-hybridized carbons (Fsp3) is 0.625. The maximum Gasteiger partial charge on any atom is 0.165 e. The molecule has 3 heteroatoms. The van der Waals surface area contributed by atoms with Crippen LogP contribution in [0.2, 0.25) is 0 Å². The quantitative estimate of drug-likeness (QED) is 0.751. The van der Waals surface area contributed by atoms with E-state index in [2.05, 4.69) is 26.1 Å². The molecule has 1 aromatic rings. The third kappa shape index (κ3) is 4.83. The average molecular weight is 267 g/mol. The highest BCUT2D eigenvalue weighted by Gasteiger charge is 2.13. The molecule has 1 N–H and O–H groups in total. The largest absolute Gasteiger partial charge is 0.494 e. The summed E-state index contributed by atoms with van der Waals surface area (Å²) in [7, 11) is 1.48. The Kier molecular flexibility index (Phi) is 6.85. The SMILES string of the molecule is CCCCC(CC)NC(C)c1ccc(OC)c(F)c1. The Morgan fingerprint density at radius 3 is 2.58 bits per heavy atom. The van der Waals surface area contributed by atoms with Crippen molar-refractivity contribution >= 4 is 0 Å². The molecule has 2 atom stereocenters. The van der Waals surface area contributed by atoms with Gasteiger partial charge in [-0.15, -0.1) is 0 Å². The van der Waals surface area contributed by atoms with Gasteiger partial charge in [-0.05, 0) is 37.5 Å². The van der Waals surface area contributed by atoms with Gasteiger partial charge in [-0.2, -0.15) is 0 Å². The van der Waals surface area contributed by atoms with Crippen molar-refractivity contribution in [1.82, 2.24) is 5.32 Å². The molecule has 0 aliphatic carbocycles. The Morgan fingerprint density at radius 1 is 1.32 bits per heavy atom. The second-order valence-electron chi connectivity index (χ2n) is 5.03. The number of methoxy groups -OCH3 is 1. The summed E-state index contributed by atoms with van der Waals surface area (Å²) in [5.74, 6) is 0.00392. The molecule has 0 aliphatic rings. The first-order valence-electron chi connectivity index (χ1n) is 7.21. The Bertz CT molecular complexity index is 381. The molecule has 19 heavy (non-hydrogen) atoms. The Labute approximate surface area is 116 Å². The maximum atomic E-state index is 13.7. The van der Waals surface area contributed by atoms with Gasteiger partial charge in [0.15, 0.2) is 11.6 Å². The molecule has 0 fully saturated rings. The van der Waals surface area contributed by atoms with Crippen LogP contribution in [0.5, 0.6) is 5.75 Å². The minimum atomic E-state index is -0.296. The van der Waals surface area contributed by atoms with Crippen molar-refractivity contribution in [2.75, 3.05) is 7.11 Å². The number of nitrogens with one attached hydrogen (secondary N) is 1. The summed E-state index contributed by atoms with van der Waals surface area (Å²) in [6.07, 6.45) is 4.72. The molecule has 0 heterocycles. The van der Waals surface area contributed by atoms with E-state index in [1.165, 1.54) is 26.4 Å². The molecule has 0 aromatic heterocycles. The van der Waals surface area contributed by atoms with Crippen LogP contribution in [0.1, 0.15) is 58.1 Å². The van der Waals surface area contributed by atoms with Gasteiger partial charge in [0.25, 0.3) is 0 Å². The summed E-state index contributed by atoms with van der Waals surface area (Å²) in [6, 6.07) is 5.83. The first-order valence-corrected chi connectivity index (χ1v) is 7.21. The second-order valence-corrected chi connectivity index (χ2v) is 5.03. The maximum absolute atomic E-state index is 13.7. The van der Waals surface area contributed by atoms with E-state index in [1.54, 1.807) is 12.1 Å². The Morgan fingerprint density at radius 2 is 2.05 bits per heavy atom. The van der Waals surface area contributed by atoms with Gasteiger partial charge in [-0.25, -0.2) is 4.39 Å². The normalized spacial score (nSPS) is 14.2. The van der Waals surface area contributed by atoms with E-state index in [4.69, 9.17) is 4.74 Å². The lowest BCUT2D eigenvalue weighted by molar-refractivity contribution is 0.383. The lowest BCUT2D eigenvalue weighted by Gasteiger charge is -2.22. The highest BCUT2D eigenvalue weighted by atomic mass is 19.1. The molecule has 0 amide bonds. The van der Waals surface area contributed by atoms with Crippen molar-refractivity contribution in [3.8, 4) is 5.75 Å². The van der Waals surface area contributed by atoms with Crippen LogP contribution in [-0.2, 0) is 0 Å². The van der Waals surface area contributed by atoms with E-state index >= 15 is 0 Å². The average Bonchev–Trinajstić information content (AvgIpc) is 2.43. The second kappa shape index (κ2) is 8.16. The van der Waals surface area contributed by atoms with Crippen molar-refractivity contribution in [3.05, 3.63) is 29.6 Å². The van der Waals surface area contributed by atoms with Gasteiger partial charge in [0.1, 0.15) is 0 Å². The van der Waals surface area contributed by atoms with E-state index < -0.39 is 0 Å². The summed E-state index contributed by atoms with van der Waals surface area (Å²) < 4.78 is 18.6. The van der Waals surface area contributed by atoms with E-state index in [9.17, 15) is 4.39 Å². The summed E-state index contributed by atoms with van der Waals surface area (Å²) in [5.41, 5.74) is 0.966. The lowest BCUT2D eigenvalue weighted by atomic mass is 10.0. The van der Waals surface area contributed by atoms with Gasteiger partial charge >= 0.3 is 0 Å². The smallest absolute Gasteiger partial charge is 0.165 e. The molecule has 0 saturated heterocycles. The van der Waals surface area contributed by atoms with Crippen LogP contribution in [0.25, 0.3) is 0 Å². The molecule has 1 rings (SSSR count). The monoisotopic (exact) mass is 267 g/mol. The van der Waals surface area contributed by atoms with E-state index in [0.29, 0.717) is 11.8 Å². The number of hydrogen-bond acceptors (Lipinski definition) is 2. The predicted molar refractivity (Wildman–Crippen MR) is 78.1 cm³/mol. The molecular weight excluding hydrogens is 241 g/mol. The Balaban J connectivity index is 2.65. The third-order valence-electron chi connectivity index (χ3n) is 3.56. The van der Waals surface area contributed by atoms with Gasteiger partial charge in [-0.3, -0.25) is 0 Å². The zero-order chi connectivity index (χ0) is 14.3. The number of ether oxygens (including phenoxy) is 1. The molecule has 0 spiro atoms. The predicted octanol–water partition coefficient (Wildman–Crippen LogP) is 4.45. The van der Waals surface area contributed by atoms with Gasteiger partial charge in [0, 0.05) is 12.1 Å². The molecule has 2 unspecified atom stereocenters. The van der Waals surface area contributed by atoms with Crippen LogP contribution in [0.15, 0.2) is 18.2 Å². The zero-order valence-electron chi connectivity index (χ0n) is 12.5. The Hall–Kier alpha value is -1.09. The summed E-state index contributed by atoms with van der Waals surface area (Å²) in [6.45, 7) is 6.47. The van der Waals surface area contributed by atoms with Gasteiger partial charge in [0.2, 0.25) is 0 Å². The van der Waals surface area contributed by atoms with Crippen molar-refractivity contribution in [2.24, 2.45) is 0 Å². The third-order valence-corrected chi connectivity index (χ3v) is 3.56. The van der Waals surface area contributed by atoms with Crippen molar-refractivity contribution < 1.29 is 9.13 Å². The zero-order valence-corrected chi connectivity index (χ0v) is 12.5. The number of hydrogen-bond donors (Lipinski definition) is 1. The first kappa shape index (κ1) is 16.0. The molecule has 0 aliphatic heterocycles. The number of rotatable bonds is 8. The van der Waals surface area contributed by atoms with Crippen LogP contribution >= 0.6 is 0 Å². The standard InChI is InChI=1S/C16H26FNO/c1-5-7-8-14(6-2)18-12(3)13-9-10-16(19-4)15(17)11-13/h9-12,14,18H,5-8H2,1-4H3. The van der Waals surface area contributed by atoms with Crippen LogP contribution in [0.4, 0.5) is 4.39 Å². The van der Waals surface area contributed by atoms with Crippen LogP contribution in [0, 0.1) is 5.82 Å². The van der Waals surface area contributed by atoms with Crippen molar-refractivity contribution in [3.63, 3.8) is 0 Å². The molecule has 108 valence electrons. The van der Waals surface area contributed by atoms with Crippen LogP contribution in [-0.4, -0.2) is 13.2 Å². The summed E-state index contributed by atoms with van der Waals surface area (Å²) in [4.78, 5) is 0. The number of benzene rings is 1. The summed E-state index contributed by atoms with van der Waals surface area (Å²) >= 11 is 0. The van der Waals surface area contributed by atoms with E-state index in [-0.39, 0.29) is 11.9 Å². The van der Waals surface area contributed by atoms with E-state index in [0.717, 1.165) is 12.0 Å².